The van der Waals surface area contributed by atoms with Crippen LogP contribution in [0.5, 0.6) is 0 Å². The molecule has 0 radical (unpaired) electrons. The molecular formula is C18H14N4O9. The van der Waals surface area contributed by atoms with Crippen molar-refractivity contribution >= 4 is 34.9 Å². The van der Waals surface area contributed by atoms with Crippen LogP contribution in [0.4, 0.5) is 22.7 Å². The van der Waals surface area contributed by atoms with Gasteiger partial charge in [-0.15, -0.1) is 0 Å². The highest BCUT2D eigenvalue weighted by molar-refractivity contribution is 5.64. The Balaban J connectivity index is 1.97. The van der Waals surface area contributed by atoms with E-state index in [4.69, 9.17) is 4.74 Å². The molecule has 0 heterocycles. The SMILES string of the molecule is O=[N+]([O-])c1ccc(C=CCOCC=Cc2ccc([N+](=O)[O-])cc2[N+](=O)[O-])c([N+](=O)[O-])c1. The van der Waals surface area contributed by atoms with Crippen molar-refractivity contribution in [1.82, 2.24) is 0 Å². The highest BCUT2D eigenvalue weighted by atomic mass is 16.6. The molecule has 2 rings (SSSR count). The van der Waals surface area contributed by atoms with Crippen molar-refractivity contribution in [3.63, 3.8) is 0 Å². The van der Waals surface area contributed by atoms with Crippen LogP contribution in [0.3, 0.4) is 0 Å². The van der Waals surface area contributed by atoms with E-state index < -0.39 is 42.4 Å². The molecule has 0 aliphatic carbocycles. The summed E-state index contributed by atoms with van der Waals surface area (Å²) in [4.78, 5) is 40.7. The van der Waals surface area contributed by atoms with Crippen molar-refractivity contribution in [3.05, 3.63) is 100 Å². The van der Waals surface area contributed by atoms with Crippen molar-refractivity contribution in [1.29, 1.82) is 0 Å². The van der Waals surface area contributed by atoms with E-state index in [0.717, 1.165) is 24.3 Å². The Morgan fingerprint density at radius 3 is 1.35 bits per heavy atom. The van der Waals surface area contributed by atoms with Gasteiger partial charge in [0.1, 0.15) is 0 Å². The Labute approximate surface area is 173 Å². The largest absolute Gasteiger partial charge is 0.373 e. The Morgan fingerprint density at radius 2 is 1.03 bits per heavy atom. The molecule has 0 atom stereocenters. The second-order valence-electron chi connectivity index (χ2n) is 5.86. The molecule has 0 aliphatic rings. The van der Waals surface area contributed by atoms with Crippen molar-refractivity contribution in [2.75, 3.05) is 13.2 Å². The van der Waals surface area contributed by atoms with Crippen molar-refractivity contribution in [3.8, 4) is 0 Å². The van der Waals surface area contributed by atoms with E-state index in [0.29, 0.717) is 0 Å². The lowest BCUT2D eigenvalue weighted by Gasteiger charge is -1.99. The molecule has 0 saturated carbocycles. The van der Waals surface area contributed by atoms with Gasteiger partial charge in [-0.2, -0.15) is 0 Å². The number of hydrogen-bond acceptors (Lipinski definition) is 9. The Morgan fingerprint density at radius 1 is 0.645 bits per heavy atom. The van der Waals surface area contributed by atoms with E-state index in [2.05, 4.69) is 0 Å². The second kappa shape index (κ2) is 10.3. The van der Waals surface area contributed by atoms with Crippen LogP contribution in [-0.2, 0) is 4.74 Å². The third-order valence-electron chi connectivity index (χ3n) is 3.87. The van der Waals surface area contributed by atoms with Gasteiger partial charge in [0.15, 0.2) is 0 Å². The van der Waals surface area contributed by atoms with Crippen LogP contribution in [0.2, 0.25) is 0 Å². The number of nitrogens with zero attached hydrogens (tertiary/aromatic N) is 4. The zero-order valence-electron chi connectivity index (χ0n) is 15.7. The fraction of sp³-hybridized carbons (Fsp3) is 0.111. The standard InChI is InChI=1S/C18H14N4O9/c23-19(24)15-7-5-13(17(11-15)21(27)28)3-1-9-31-10-2-4-14-6-8-16(20(25)26)12-18(14)22(29)30/h1-8,11-12H,9-10H2. The Kier molecular flexibility index (Phi) is 7.57. The molecule has 13 nitrogen and oxygen atoms in total. The number of rotatable bonds is 10. The topological polar surface area (TPSA) is 182 Å². The van der Waals surface area contributed by atoms with E-state index in [9.17, 15) is 40.5 Å². The van der Waals surface area contributed by atoms with Gasteiger partial charge in [-0.05, 0) is 24.3 Å². The summed E-state index contributed by atoms with van der Waals surface area (Å²) >= 11 is 0. The molecule has 0 amide bonds. The summed E-state index contributed by atoms with van der Waals surface area (Å²) in [5, 5.41) is 43.6. The first-order chi connectivity index (χ1) is 14.7. The Hall–Kier alpha value is -4.52. The predicted octanol–water partition coefficient (Wildman–Crippen LogP) is 4.06. The van der Waals surface area contributed by atoms with E-state index >= 15 is 0 Å². The fourth-order valence-electron chi connectivity index (χ4n) is 2.44. The van der Waals surface area contributed by atoms with Crippen LogP contribution in [0.25, 0.3) is 12.2 Å². The minimum atomic E-state index is -0.731. The van der Waals surface area contributed by atoms with Crippen LogP contribution in [-0.4, -0.2) is 32.9 Å². The van der Waals surface area contributed by atoms with Gasteiger partial charge in [0, 0.05) is 12.1 Å². The first-order valence-corrected chi connectivity index (χ1v) is 8.47. The highest BCUT2D eigenvalue weighted by Gasteiger charge is 2.18. The van der Waals surface area contributed by atoms with Gasteiger partial charge in [0.25, 0.3) is 22.7 Å². The van der Waals surface area contributed by atoms with Gasteiger partial charge in [0.05, 0.1) is 56.2 Å². The minimum absolute atomic E-state index is 0.0425. The fourth-order valence-corrected chi connectivity index (χ4v) is 2.44. The number of ether oxygens (including phenoxy) is 1. The normalized spacial score (nSPS) is 11.1. The summed E-state index contributed by atoms with van der Waals surface area (Å²) < 4.78 is 5.27. The third-order valence-corrected chi connectivity index (χ3v) is 3.87. The average molecular weight is 430 g/mol. The zero-order valence-corrected chi connectivity index (χ0v) is 15.7. The lowest BCUT2D eigenvalue weighted by Crippen LogP contribution is -1.96. The predicted molar refractivity (Wildman–Crippen MR) is 108 cm³/mol. The maximum absolute atomic E-state index is 11.1. The van der Waals surface area contributed by atoms with Gasteiger partial charge >= 0.3 is 0 Å². The number of nitro groups is 4. The second-order valence-corrected chi connectivity index (χ2v) is 5.86. The summed E-state index contributed by atoms with van der Waals surface area (Å²) in [5.74, 6) is 0. The van der Waals surface area contributed by atoms with E-state index in [1.54, 1.807) is 0 Å². The third kappa shape index (κ3) is 6.23. The maximum atomic E-state index is 11.1. The highest BCUT2D eigenvalue weighted by Crippen LogP contribution is 2.26. The molecule has 13 heteroatoms. The average Bonchev–Trinajstić information content (AvgIpc) is 2.72. The monoisotopic (exact) mass is 430 g/mol. The number of non-ortho nitro benzene ring substituents is 2. The molecule has 0 fully saturated rings. The Bertz CT molecular complexity index is 1010. The first kappa shape index (κ1) is 22.8. The summed E-state index contributed by atoms with van der Waals surface area (Å²) in [7, 11) is 0. The molecule has 0 bridgehead atoms. The molecule has 0 aromatic heterocycles. The first-order valence-electron chi connectivity index (χ1n) is 8.47. The van der Waals surface area contributed by atoms with E-state index in [1.165, 1.54) is 36.4 Å². The summed E-state index contributed by atoms with van der Waals surface area (Å²) in [6, 6.07) is 6.52. The minimum Gasteiger partial charge on any atom is -0.373 e. The molecule has 160 valence electrons. The molecule has 31 heavy (non-hydrogen) atoms. The van der Waals surface area contributed by atoms with Gasteiger partial charge < -0.3 is 4.74 Å². The summed E-state index contributed by atoms with van der Waals surface area (Å²) in [5.41, 5.74) is -1.31. The lowest BCUT2D eigenvalue weighted by molar-refractivity contribution is -0.394. The van der Waals surface area contributed by atoms with Crippen molar-refractivity contribution < 1.29 is 24.4 Å². The molecule has 2 aromatic rings. The maximum Gasteiger partial charge on any atom is 0.283 e. The number of benzene rings is 2. The van der Waals surface area contributed by atoms with Gasteiger partial charge in [-0.25, -0.2) is 0 Å². The van der Waals surface area contributed by atoms with E-state index in [1.807, 2.05) is 0 Å². The molecular weight excluding hydrogens is 416 g/mol. The van der Waals surface area contributed by atoms with Crippen molar-refractivity contribution in [2.45, 2.75) is 0 Å². The van der Waals surface area contributed by atoms with Crippen LogP contribution < -0.4 is 0 Å². The van der Waals surface area contributed by atoms with Crippen LogP contribution in [0.1, 0.15) is 11.1 Å². The number of nitro benzene ring substituents is 4. The molecule has 0 saturated heterocycles. The number of hydrogen-bond donors (Lipinski definition) is 0. The van der Waals surface area contributed by atoms with Crippen LogP contribution >= 0.6 is 0 Å². The van der Waals surface area contributed by atoms with Crippen molar-refractivity contribution in [2.24, 2.45) is 0 Å². The molecule has 0 spiro atoms. The van der Waals surface area contributed by atoms with Gasteiger partial charge in [-0.1, -0.05) is 12.2 Å². The van der Waals surface area contributed by atoms with Gasteiger partial charge in [-0.3, -0.25) is 40.5 Å². The molecule has 0 unspecified atom stereocenters. The smallest absolute Gasteiger partial charge is 0.283 e. The van der Waals surface area contributed by atoms with Gasteiger partial charge in [0.2, 0.25) is 0 Å². The lowest BCUT2D eigenvalue weighted by atomic mass is 10.1. The zero-order chi connectivity index (χ0) is 23.0. The van der Waals surface area contributed by atoms with Crippen LogP contribution in [0.15, 0.2) is 48.6 Å². The summed E-state index contributed by atoms with van der Waals surface area (Å²) in [6.45, 7) is 0.0850. The van der Waals surface area contributed by atoms with Crippen LogP contribution in [0, 0.1) is 40.5 Å². The molecule has 0 aliphatic heterocycles. The quantitative estimate of drug-likeness (QED) is 0.305. The van der Waals surface area contributed by atoms with E-state index in [-0.39, 0.29) is 24.3 Å². The molecule has 2 aromatic carbocycles. The summed E-state index contributed by atoms with van der Waals surface area (Å²) in [6.07, 6.45) is 5.70. The molecule has 0 N–H and O–H groups in total.